The Morgan fingerprint density at radius 2 is 1.79 bits per heavy atom. The van der Waals surface area contributed by atoms with Gasteiger partial charge in [-0.25, -0.2) is 17.2 Å². The van der Waals surface area contributed by atoms with Gasteiger partial charge in [0.1, 0.15) is 11.7 Å². The van der Waals surface area contributed by atoms with E-state index in [0.29, 0.717) is 12.6 Å². The van der Waals surface area contributed by atoms with Crippen molar-refractivity contribution >= 4 is 33.0 Å². The second-order valence-electron chi connectivity index (χ2n) is 11.1. The SMILES string of the molecule is C[C@H]1CC2CC(S(=O)(=O)c3cc(C(=O)Nc4ccc(F)c(F)c4)ccc3Cl)CC1[C@@]2(O)C(O)c1ccc(C(F)(F)F)cn1. The van der Waals surface area contributed by atoms with E-state index in [1.807, 2.05) is 0 Å². The van der Waals surface area contributed by atoms with E-state index in [9.17, 15) is 45.4 Å². The molecule has 6 atom stereocenters. The van der Waals surface area contributed by atoms with E-state index in [-0.39, 0.29) is 45.6 Å². The number of pyridine rings is 1. The molecule has 14 heteroatoms. The second kappa shape index (κ2) is 11.1. The molecule has 2 fully saturated rings. The van der Waals surface area contributed by atoms with Crippen molar-refractivity contribution < 1.29 is 45.4 Å². The van der Waals surface area contributed by atoms with Crippen LogP contribution < -0.4 is 5.32 Å². The van der Waals surface area contributed by atoms with Crippen molar-refractivity contribution in [2.45, 2.75) is 54.2 Å². The molecule has 3 N–H and O–H groups in total. The quantitative estimate of drug-likeness (QED) is 0.285. The van der Waals surface area contributed by atoms with Crippen LogP contribution in [0.1, 0.15) is 53.9 Å². The molecule has 2 bridgehead atoms. The molecule has 1 heterocycles. The molecule has 1 aromatic heterocycles. The third kappa shape index (κ3) is 5.63. The number of aliphatic hydroxyl groups excluding tert-OH is 1. The van der Waals surface area contributed by atoms with Gasteiger partial charge in [-0.3, -0.25) is 9.78 Å². The average molecular weight is 645 g/mol. The lowest BCUT2D eigenvalue weighted by Crippen LogP contribution is -2.52. The first-order valence-corrected chi connectivity index (χ1v) is 15.2. The largest absolute Gasteiger partial charge is 0.417 e. The van der Waals surface area contributed by atoms with Gasteiger partial charge in [0.2, 0.25) is 0 Å². The summed E-state index contributed by atoms with van der Waals surface area (Å²) in [5.74, 6) is -4.80. The fourth-order valence-corrected chi connectivity index (χ4v) is 8.81. The normalized spacial score (nSPS) is 26.3. The van der Waals surface area contributed by atoms with Gasteiger partial charge in [0.25, 0.3) is 5.91 Å². The fourth-order valence-electron chi connectivity index (χ4n) is 6.43. The summed E-state index contributed by atoms with van der Waals surface area (Å²) in [4.78, 5) is 16.2. The molecule has 0 spiro atoms. The van der Waals surface area contributed by atoms with Gasteiger partial charge in [0.15, 0.2) is 21.5 Å². The molecule has 0 saturated heterocycles. The zero-order valence-corrected chi connectivity index (χ0v) is 24.0. The number of hydrogen-bond donors (Lipinski definition) is 3. The van der Waals surface area contributed by atoms with E-state index >= 15 is 0 Å². The Balaban J connectivity index is 1.39. The highest BCUT2D eigenvalue weighted by Gasteiger charge is 2.62. The number of carbonyl (C=O) groups excluding carboxylic acids is 1. The van der Waals surface area contributed by atoms with Crippen LogP contribution in [0.15, 0.2) is 59.6 Å². The summed E-state index contributed by atoms with van der Waals surface area (Å²) >= 11 is 6.27. The third-order valence-electron chi connectivity index (χ3n) is 8.60. The number of fused-ring (bicyclic) bond motifs is 2. The molecule has 1 amide bonds. The number of amides is 1. The molecule has 7 nitrogen and oxygen atoms in total. The number of alkyl halides is 3. The number of anilines is 1. The zero-order chi connectivity index (χ0) is 31.5. The molecule has 0 aliphatic heterocycles. The van der Waals surface area contributed by atoms with Crippen molar-refractivity contribution in [2.24, 2.45) is 17.8 Å². The Labute approximate surface area is 248 Å². The van der Waals surface area contributed by atoms with Gasteiger partial charge >= 0.3 is 6.18 Å². The third-order valence-corrected chi connectivity index (χ3v) is 11.3. The number of halogens is 6. The van der Waals surface area contributed by atoms with Crippen molar-refractivity contribution in [1.29, 1.82) is 0 Å². The molecule has 4 unspecified atom stereocenters. The molecular weight excluding hydrogens is 619 g/mol. The summed E-state index contributed by atoms with van der Waals surface area (Å²) in [7, 11) is -4.20. The van der Waals surface area contributed by atoms with Gasteiger partial charge in [-0.05, 0) is 79.5 Å². The van der Waals surface area contributed by atoms with Gasteiger partial charge < -0.3 is 15.5 Å². The topological polar surface area (TPSA) is 117 Å². The first-order chi connectivity index (χ1) is 20.0. The van der Waals surface area contributed by atoms with Gasteiger partial charge in [-0.15, -0.1) is 0 Å². The van der Waals surface area contributed by atoms with E-state index in [1.165, 1.54) is 12.1 Å². The van der Waals surface area contributed by atoms with Crippen LogP contribution in [0.4, 0.5) is 27.6 Å². The maximum absolute atomic E-state index is 13.9. The summed E-state index contributed by atoms with van der Waals surface area (Å²) in [6.45, 7) is 1.80. The zero-order valence-electron chi connectivity index (χ0n) is 22.4. The highest BCUT2D eigenvalue weighted by Crippen LogP contribution is 2.58. The van der Waals surface area contributed by atoms with E-state index in [4.69, 9.17) is 11.6 Å². The maximum Gasteiger partial charge on any atom is 0.417 e. The summed E-state index contributed by atoms with van der Waals surface area (Å²) in [5.41, 5.74) is -3.18. The molecule has 230 valence electrons. The number of sulfone groups is 1. The Hall–Kier alpha value is -3.13. The Bertz CT molecular complexity index is 1670. The lowest BCUT2D eigenvalue weighted by atomic mass is 9.69. The van der Waals surface area contributed by atoms with Crippen molar-refractivity contribution in [3.05, 3.63) is 88.2 Å². The van der Waals surface area contributed by atoms with Crippen LogP contribution in [0.3, 0.4) is 0 Å². The summed E-state index contributed by atoms with van der Waals surface area (Å²) < 4.78 is 93.5. The average Bonchev–Trinajstić information content (AvgIpc) is 3.06. The molecule has 43 heavy (non-hydrogen) atoms. The number of nitrogens with zero attached hydrogens (tertiary/aromatic N) is 1. The maximum atomic E-state index is 13.9. The Morgan fingerprint density at radius 1 is 1.07 bits per heavy atom. The van der Waals surface area contributed by atoms with Crippen LogP contribution in [0.5, 0.6) is 0 Å². The van der Waals surface area contributed by atoms with Crippen LogP contribution in [-0.4, -0.2) is 40.4 Å². The predicted octanol–water partition coefficient (Wildman–Crippen LogP) is 5.96. The van der Waals surface area contributed by atoms with E-state index in [2.05, 4.69) is 10.3 Å². The number of aliphatic hydroxyl groups is 2. The van der Waals surface area contributed by atoms with E-state index in [0.717, 1.165) is 36.4 Å². The molecule has 0 radical (unpaired) electrons. The summed E-state index contributed by atoms with van der Waals surface area (Å²) in [5, 5.41) is 24.1. The molecule has 2 aliphatic carbocycles. The van der Waals surface area contributed by atoms with Gasteiger partial charge in [0.05, 0.1) is 26.4 Å². The lowest BCUT2D eigenvalue weighted by molar-refractivity contribution is -0.149. The van der Waals surface area contributed by atoms with Crippen LogP contribution in [-0.2, 0) is 16.0 Å². The minimum atomic E-state index is -4.63. The first kappa shape index (κ1) is 31.3. The number of benzene rings is 2. The van der Waals surface area contributed by atoms with Crippen LogP contribution in [0.2, 0.25) is 5.02 Å². The summed E-state index contributed by atoms with van der Waals surface area (Å²) in [6, 6.07) is 8.07. The Kier molecular flexibility index (Phi) is 8.08. The molecule has 3 aromatic rings. The fraction of sp³-hybridized carbons (Fsp3) is 0.379. The monoisotopic (exact) mass is 644 g/mol. The predicted molar refractivity (Wildman–Crippen MR) is 146 cm³/mol. The molecular formula is C29H26ClF5N2O5S. The van der Waals surface area contributed by atoms with Crippen molar-refractivity contribution in [2.75, 3.05) is 5.32 Å². The van der Waals surface area contributed by atoms with Crippen LogP contribution in [0, 0.1) is 29.4 Å². The van der Waals surface area contributed by atoms with Gasteiger partial charge in [0, 0.05) is 23.5 Å². The van der Waals surface area contributed by atoms with Crippen molar-refractivity contribution in [3.63, 3.8) is 0 Å². The highest BCUT2D eigenvalue weighted by atomic mass is 35.5. The number of aromatic nitrogens is 1. The van der Waals surface area contributed by atoms with Crippen LogP contribution >= 0.6 is 11.6 Å². The van der Waals surface area contributed by atoms with Gasteiger partial charge in [-0.2, -0.15) is 13.2 Å². The minimum absolute atomic E-state index is 0.0542. The van der Waals surface area contributed by atoms with E-state index < -0.39 is 67.9 Å². The molecule has 2 aliphatic rings. The first-order valence-electron chi connectivity index (χ1n) is 13.3. The summed E-state index contributed by atoms with van der Waals surface area (Å²) in [6.07, 6.45) is -5.54. The van der Waals surface area contributed by atoms with Crippen molar-refractivity contribution in [3.8, 4) is 0 Å². The number of carbonyl (C=O) groups is 1. The minimum Gasteiger partial charge on any atom is -0.386 e. The Morgan fingerprint density at radius 3 is 2.40 bits per heavy atom. The smallest absolute Gasteiger partial charge is 0.386 e. The number of rotatable bonds is 6. The molecule has 2 saturated carbocycles. The number of nitrogens with one attached hydrogen (secondary N) is 1. The number of hydrogen-bond acceptors (Lipinski definition) is 6. The van der Waals surface area contributed by atoms with Gasteiger partial charge in [-0.1, -0.05) is 18.5 Å². The second-order valence-corrected chi connectivity index (χ2v) is 13.7. The van der Waals surface area contributed by atoms with Crippen molar-refractivity contribution in [1.82, 2.24) is 4.98 Å². The standard InChI is InChI=1S/C29H26ClF5N2O5S/c1-14-8-17-10-19(12-20(14)28(17,40)26(38)24-7-3-16(13-36-24)29(33,34)35)43(41,42)25-9-15(2-5-21(25)30)27(39)37-18-4-6-22(31)23(32)11-18/h2-7,9,11,13-14,17,19-20,26,38,40H,8,10,12H2,1H3,(H,37,39)/t14-,17?,19?,20?,26?,28+/m0/s1. The molecule has 5 rings (SSSR count). The highest BCUT2D eigenvalue weighted by molar-refractivity contribution is 7.92. The van der Waals surface area contributed by atoms with Crippen LogP contribution in [0.25, 0.3) is 0 Å². The molecule has 2 aromatic carbocycles. The lowest BCUT2D eigenvalue weighted by Gasteiger charge is -2.45. The van der Waals surface area contributed by atoms with E-state index in [1.54, 1.807) is 6.92 Å².